The second-order valence-electron chi connectivity index (χ2n) is 7.25. The third-order valence-electron chi connectivity index (χ3n) is 5.38. The molecule has 148 valence electrons. The Labute approximate surface area is 162 Å². The third-order valence-corrected chi connectivity index (χ3v) is 5.38. The summed E-state index contributed by atoms with van der Waals surface area (Å²) in [7, 11) is 0. The number of H-pyrrole nitrogens is 1. The molecule has 4 rings (SSSR count). The van der Waals surface area contributed by atoms with Crippen LogP contribution < -0.4 is 5.32 Å². The van der Waals surface area contributed by atoms with E-state index in [4.69, 9.17) is 4.74 Å². The number of benzene rings is 1. The number of tetrazole rings is 1. The number of nitrogens with one attached hydrogen (secondary N) is 2. The Morgan fingerprint density at radius 2 is 2.11 bits per heavy atom. The molecule has 2 saturated heterocycles. The number of piperidine rings is 1. The fourth-order valence-corrected chi connectivity index (χ4v) is 3.78. The van der Waals surface area contributed by atoms with Crippen LogP contribution in [0.2, 0.25) is 0 Å². The van der Waals surface area contributed by atoms with Gasteiger partial charge in [0.25, 0.3) is 5.91 Å². The van der Waals surface area contributed by atoms with Crippen molar-refractivity contribution < 1.29 is 14.3 Å². The number of ether oxygens (including phenoxy) is 1. The number of hydrogen-bond donors (Lipinski definition) is 2. The van der Waals surface area contributed by atoms with E-state index in [1.807, 2.05) is 29.2 Å². The van der Waals surface area contributed by atoms with Gasteiger partial charge in [0.1, 0.15) is 6.10 Å². The maximum absolute atomic E-state index is 12.5. The van der Waals surface area contributed by atoms with E-state index in [1.165, 1.54) is 0 Å². The summed E-state index contributed by atoms with van der Waals surface area (Å²) < 4.78 is 5.48. The van der Waals surface area contributed by atoms with Crippen LogP contribution in [0.15, 0.2) is 24.3 Å². The van der Waals surface area contributed by atoms with E-state index >= 15 is 0 Å². The maximum Gasteiger partial charge on any atom is 0.251 e. The molecule has 2 aliphatic heterocycles. The quantitative estimate of drug-likeness (QED) is 0.792. The van der Waals surface area contributed by atoms with Crippen molar-refractivity contribution in [3.63, 3.8) is 0 Å². The molecule has 2 amide bonds. The van der Waals surface area contributed by atoms with Crippen LogP contribution in [0.4, 0.5) is 0 Å². The average Bonchev–Trinajstić information content (AvgIpc) is 3.46. The van der Waals surface area contributed by atoms with Crippen molar-refractivity contribution in [2.75, 3.05) is 19.7 Å². The smallest absolute Gasteiger partial charge is 0.251 e. The summed E-state index contributed by atoms with van der Waals surface area (Å²) in [6.07, 6.45) is 2.85. The molecule has 2 fully saturated rings. The number of carbonyl (C=O) groups excluding carboxylic acids is 2. The van der Waals surface area contributed by atoms with Crippen LogP contribution in [0.25, 0.3) is 11.4 Å². The Kier molecular flexibility index (Phi) is 5.61. The molecule has 1 aromatic carbocycles. The molecule has 0 saturated carbocycles. The molecule has 0 aliphatic carbocycles. The van der Waals surface area contributed by atoms with Gasteiger partial charge in [-0.05, 0) is 42.5 Å². The summed E-state index contributed by atoms with van der Waals surface area (Å²) in [6, 6.07) is 7.69. The monoisotopic (exact) mass is 384 g/mol. The highest BCUT2D eigenvalue weighted by molar-refractivity contribution is 5.82. The number of carbonyl (C=O) groups is 2. The van der Waals surface area contributed by atoms with Crippen molar-refractivity contribution >= 4 is 11.8 Å². The van der Waals surface area contributed by atoms with Gasteiger partial charge in [0.05, 0.1) is 0 Å². The van der Waals surface area contributed by atoms with Gasteiger partial charge in [-0.25, -0.2) is 0 Å². The molecule has 9 heteroatoms. The zero-order valence-electron chi connectivity index (χ0n) is 15.6. The molecule has 0 radical (unpaired) electrons. The fraction of sp³-hybridized carbons (Fsp3) is 0.526. The standard InChI is InChI=1S/C19H24N6O3/c26-18(14-6-8-25(9-7-14)19(27)16-5-2-10-28-16)20-12-13-3-1-4-15(11-13)17-21-23-24-22-17/h1,3-4,11,14,16H,2,5-10,12H2,(H,20,26)(H,21,22,23,24)/t16-/m0/s1. The Morgan fingerprint density at radius 1 is 1.25 bits per heavy atom. The lowest BCUT2D eigenvalue weighted by atomic mass is 9.95. The molecule has 0 unspecified atom stereocenters. The Morgan fingerprint density at radius 3 is 2.82 bits per heavy atom. The number of amides is 2. The number of aromatic amines is 1. The summed E-state index contributed by atoms with van der Waals surface area (Å²) in [5.41, 5.74) is 1.82. The van der Waals surface area contributed by atoms with Crippen molar-refractivity contribution in [1.29, 1.82) is 0 Å². The van der Waals surface area contributed by atoms with Crippen molar-refractivity contribution in [3.8, 4) is 11.4 Å². The van der Waals surface area contributed by atoms with Gasteiger partial charge in [-0.1, -0.05) is 18.2 Å². The fourth-order valence-electron chi connectivity index (χ4n) is 3.78. The summed E-state index contributed by atoms with van der Waals surface area (Å²) in [6.45, 7) is 2.34. The number of rotatable bonds is 5. The van der Waals surface area contributed by atoms with E-state index in [-0.39, 0.29) is 23.8 Å². The topological polar surface area (TPSA) is 113 Å². The van der Waals surface area contributed by atoms with E-state index in [0.29, 0.717) is 44.9 Å². The highest BCUT2D eigenvalue weighted by Crippen LogP contribution is 2.22. The van der Waals surface area contributed by atoms with Gasteiger partial charge in [0.15, 0.2) is 0 Å². The van der Waals surface area contributed by atoms with E-state index in [9.17, 15) is 9.59 Å². The van der Waals surface area contributed by atoms with Gasteiger partial charge in [-0.15, -0.1) is 10.2 Å². The lowest BCUT2D eigenvalue weighted by molar-refractivity contribution is -0.143. The first-order valence-electron chi connectivity index (χ1n) is 9.71. The first-order valence-corrected chi connectivity index (χ1v) is 9.71. The summed E-state index contributed by atoms with van der Waals surface area (Å²) in [4.78, 5) is 26.8. The average molecular weight is 384 g/mol. The Bertz CT molecular complexity index is 811. The van der Waals surface area contributed by atoms with Gasteiger partial charge in [0.2, 0.25) is 11.7 Å². The molecule has 9 nitrogen and oxygen atoms in total. The minimum absolute atomic E-state index is 0.0363. The van der Waals surface area contributed by atoms with E-state index in [0.717, 1.165) is 24.0 Å². The molecule has 1 aromatic heterocycles. The van der Waals surface area contributed by atoms with Gasteiger partial charge in [0, 0.05) is 37.7 Å². The highest BCUT2D eigenvalue weighted by atomic mass is 16.5. The zero-order chi connectivity index (χ0) is 19.3. The normalized spacial score (nSPS) is 20.3. The second kappa shape index (κ2) is 8.47. The molecular formula is C19H24N6O3. The molecule has 0 bridgehead atoms. The van der Waals surface area contributed by atoms with Crippen LogP contribution in [0, 0.1) is 5.92 Å². The Balaban J connectivity index is 1.26. The first kappa shape index (κ1) is 18.5. The number of aromatic nitrogens is 4. The maximum atomic E-state index is 12.5. The third kappa shape index (κ3) is 4.19. The molecule has 0 spiro atoms. The Hall–Kier alpha value is -2.81. The molecule has 2 N–H and O–H groups in total. The van der Waals surface area contributed by atoms with Crippen LogP contribution in [0.5, 0.6) is 0 Å². The number of likely N-dealkylation sites (tertiary alicyclic amines) is 1. The van der Waals surface area contributed by atoms with Gasteiger partial charge in [-0.2, -0.15) is 5.21 Å². The number of hydrogen-bond acceptors (Lipinski definition) is 6. The molecule has 2 aromatic rings. The van der Waals surface area contributed by atoms with E-state index in [2.05, 4.69) is 25.9 Å². The first-order chi connectivity index (χ1) is 13.7. The zero-order valence-corrected chi connectivity index (χ0v) is 15.6. The minimum Gasteiger partial charge on any atom is -0.368 e. The predicted molar refractivity (Wildman–Crippen MR) is 99.7 cm³/mol. The lowest BCUT2D eigenvalue weighted by Crippen LogP contribution is -2.46. The molecule has 2 aliphatic rings. The second-order valence-corrected chi connectivity index (χ2v) is 7.25. The lowest BCUT2D eigenvalue weighted by Gasteiger charge is -2.32. The van der Waals surface area contributed by atoms with Gasteiger partial charge >= 0.3 is 0 Å². The largest absolute Gasteiger partial charge is 0.368 e. The van der Waals surface area contributed by atoms with Crippen LogP contribution in [0.3, 0.4) is 0 Å². The molecule has 1 atom stereocenters. The molecular weight excluding hydrogens is 360 g/mol. The highest BCUT2D eigenvalue weighted by Gasteiger charge is 2.32. The van der Waals surface area contributed by atoms with Gasteiger partial charge < -0.3 is 15.0 Å². The summed E-state index contributed by atoms with van der Waals surface area (Å²) in [5, 5.41) is 16.9. The summed E-state index contributed by atoms with van der Waals surface area (Å²) in [5.74, 6) is 0.578. The van der Waals surface area contributed by atoms with Crippen molar-refractivity contribution in [1.82, 2.24) is 30.8 Å². The number of nitrogens with zero attached hydrogens (tertiary/aromatic N) is 4. The molecule has 28 heavy (non-hydrogen) atoms. The SMILES string of the molecule is O=C(NCc1cccc(-c2nn[nH]n2)c1)C1CCN(C(=O)[C@@H]2CCCO2)CC1. The van der Waals surface area contributed by atoms with Crippen molar-refractivity contribution in [2.45, 2.75) is 38.3 Å². The van der Waals surface area contributed by atoms with Crippen molar-refractivity contribution in [3.05, 3.63) is 29.8 Å². The van der Waals surface area contributed by atoms with Crippen LogP contribution in [0.1, 0.15) is 31.2 Å². The summed E-state index contributed by atoms with van der Waals surface area (Å²) >= 11 is 0. The predicted octanol–water partition coefficient (Wildman–Crippen LogP) is 0.900. The van der Waals surface area contributed by atoms with Crippen molar-refractivity contribution in [2.24, 2.45) is 5.92 Å². The van der Waals surface area contributed by atoms with E-state index < -0.39 is 0 Å². The van der Waals surface area contributed by atoms with Crippen LogP contribution in [-0.4, -0.2) is 63.1 Å². The van der Waals surface area contributed by atoms with E-state index in [1.54, 1.807) is 0 Å². The van der Waals surface area contributed by atoms with Crippen LogP contribution in [-0.2, 0) is 20.9 Å². The molecule has 3 heterocycles. The van der Waals surface area contributed by atoms with Crippen LogP contribution >= 0.6 is 0 Å². The minimum atomic E-state index is -0.281. The van der Waals surface area contributed by atoms with Gasteiger partial charge in [-0.3, -0.25) is 9.59 Å².